The van der Waals surface area contributed by atoms with E-state index in [1.807, 2.05) is 0 Å². The smallest absolute Gasteiger partial charge is 0.0103 e. The Morgan fingerprint density at radius 3 is 2.06 bits per heavy atom. The van der Waals surface area contributed by atoms with Gasteiger partial charge in [-0.2, -0.15) is 0 Å². The topological polar surface area (TPSA) is 0 Å². The molecule has 0 amide bonds. The van der Waals surface area contributed by atoms with Crippen molar-refractivity contribution >= 4 is 0 Å². The quantitative estimate of drug-likeness (QED) is 0.277. The van der Waals surface area contributed by atoms with Gasteiger partial charge in [0.25, 0.3) is 0 Å². The molecule has 4 rings (SSSR count). The van der Waals surface area contributed by atoms with Crippen molar-refractivity contribution in [2.45, 2.75) is 133 Å². The van der Waals surface area contributed by atoms with Gasteiger partial charge < -0.3 is 0 Å². The van der Waals surface area contributed by atoms with E-state index in [4.69, 9.17) is 0 Å². The zero-order valence-electron chi connectivity index (χ0n) is 24.9. The molecule has 3 aliphatic rings. The number of rotatable bonds is 7. The monoisotopic (exact) mass is 466 g/mol. The molecule has 1 fully saturated rings. The zero-order valence-corrected chi connectivity index (χ0v) is 24.9. The molecule has 0 heterocycles. The minimum atomic E-state index is 0.306. The van der Waals surface area contributed by atoms with Crippen molar-refractivity contribution in [2.75, 3.05) is 0 Å². The summed E-state index contributed by atoms with van der Waals surface area (Å²) in [5.74, 6) is 1.94. The van der Waals surface area contributed by atoms with E-state index in [2.05, 4.69) is 113 Å². The van der Waals surface area contributed by atoms with Crippen molar-refractivity contribution in [1.29, 1.82) is 0 Å². The van der Waals surface area contributed by atoms with Gasteiger partial charge in [0.05, 0.1) is 0 Å². The number of hydrogen-bond acceptors (Lipinski definition) is 0. The second-order valence-corrected chi connectivity index (χ2v) is 13.3. The molecule has 2 atom stereocenters. The van der Waals surface area contributed by atoms with Crippen LogP contribution in [-0.2, 0) is 5.41 Å². The van der Waals surface area contributed by atoms with E-state index < -0.39 is 0 Å². The summed E-state index contributed by atoms with van der Waals surface area (Å²) in [5.41, 5.74) is 7.12. The van der Waals surface area contributed by atoms with Crippen LogP contribution in [0, 0.1) is 29.6 Å². The fourth-order valence-electron chi connectivity index (χ4n) is 5.08. The molecule has 0 radical (unpaired) electrons. The van der Waals surface area contributed by atoms with Crippen molar-refractivity contribution in [2.24, 2.45) is 22.7 Å². The second-order valence-electron chi connectivity index (χ2n) is 13.3. The van der Waals surface area contributed by atoms with Crippen LogP contribution in [0.5, 0.6) is 0 Å². The van der Waals surface area contributed by atoms with E-state index in [-0.39, 0.29) is 0 Å². The standard InChI is InChI=1S/C16H26.C11H18.C7H14/c1-5-6-7-8-12-16(3,4)15-11-9-10-14(2)13-15;1-4-8-5-6-9-7-10(8)11(9,2)3;1-6(2)7(3,4)5/h9-11,13H,5-8,12H2,1-4H3;5,9-10H,4,6-7H2,1-3H3;1H2,2-5H3. The number of aryl methyl sites for hydroxylation is 1. The second kappa shape index (κ2) is 13.1. The first-order valence-electron chi connectivity index (χ1n) is 14.1. The molecule has 0 spiro atoms. The van der Waals surface area contributed by atoms with Crippen LogP contribution in [0.2, 0.25) is 0 Å². The molecule has 1 aromatic carbocycles. The minimum Gasteiger partial charge on any atom is -0.0996 e. The highest BCUT2D eigenvalue weighted by atomic mass is 14.5. The molecule has 1 aromatic rings. The average Bonchev–Trinajstić information content (AvgIpc) is 2.77. The summed E-state index contributed by atoms with van der Waals surface area (Å²) in [6, 6.07) is 8.96. The zero-order chi connectivity index (χ0) is 26.2. The van der Waals surface area contributed by atoms with Gasteiger partial charge in [-0.3, -0.25) is 0 Å². The highest BCUT2D eigenvalue weighted by Gasteiger charge is 2.50. The van der Waals surface area contributed by atoms with E-state index in [0.717, 1.165) is 11.8 Å². The van der Waals surface area contributed by atoms with Crippen molar-refractivity contribution < 1.29 is 0 Å². The number of allylic oxidation sites excluding steroid dienone is 3. The summed E-state index contributed by atoms with van der Waals surface area (Å²) in [4.78, 5) is 0. The molecule has 2 bridgehead atoms. The fraction of sp³-hybridized carbons (Fsp3) is 0.706. The summed E-state index contributed by atoms with van der Waals surface area (Å²) in [5, 5.41) is 0. The Hall–Kier alpha value is -1.30. The maximum absolute atomic E-state index is 3.83. The summed E-state index contributed by atoms with van der Waals surface area (Å²) in [7, 11) is 0. The minimum absolute atomic E-state index is 0.306. The van der Waals surface area contributed by atoms with Gasteiger partial charge in [-0.25, -0.2) is 0 Å². The number of fused-ring (bicyclic) bond motifs is 1. The summed E-state index contributed by atoms with van der Waals surface area (Å²) in [6.07, 6.45) is 13.3. The molecule has 3 aliphatic carbocycles. The molecule has 0 N–H and O–H groups in total. The van der Waals surface area contributed by atoms with Crippen LogP contribution in [0.15, 0.2) is 48.1 Å². The molecule has 34 heavy (non-hydrogen) atoms. The van der Waals surface area contributed by atoms with E-state index in [1.165, 1.54) is 68.1 Å². The molecule has 0 aliphatic heterocycles. The normalized spacial score (nSPS) is 20.6. The van der Waals surface area contributed by atoms with Crippen molar-refractivity contribution in [3.63, 3.8) is 0 Å². The molecule has 0 nitrogen and oxygen atoms in total. The SMILES string of the molecule is C=C(C)C(C)(C)C.CCC1=CCC2CC1C2(C)C.CCCCCCC(C)(C)c1cccc(C)c1. The molecule has 0 aromatic heterocycles. The van der Waals surface area contributed by atoms with Gasteiger partial charge in [-0.1, -0.05) is 142 Å². The number of benzene rings is 1. The van der Waals surface area contributed by atoms with Gasteiger partial charge in [-0.15, -0.1) is 0 Å². The molecule has 0 saturated heterocycles. The first kappa shape index (κ1) is 30.7. The van der Waals surface area contributed by atoms with Gasteiger partial charge >= 0.3 is 0 Å². The Bertz CT molecular complexity index is 781. The lowest BCUT2D eigenvalue weighted by molar-refractivity contribution is -0.00777. The van der Waals surface area contributed by atoms with Crippen LogP contribution in [0.1, 0.15) is 132 Å². The highest BCUT2D eigenvalue weighted by Crippen LogP contribution is 2.59. The largest absolute Gasteiger partial charge is 0.0996 e. The highest BCUT2D eigenvalue weighted by molar-refractivity contribution is 5.28. The lowest BCUT2D eigenvalue weighted by atomic mass is 9.48. The van der Waals surface area contributed by atoms with Gasteiger partial charge in [0, 0.05) is 0 Å². The lowest BCUT2D eigenvalue weighted by Crippen LogP contribution is -2.47. The van der Waals surface area contributed by atoms with Crippen molar-refractivity contribution in [1.82, 2.24) is 0 Å². The van der Waals surface area contributed by atoms with Crippen LogP contribution in [0.3, 0.4) is 0 Å². The van der Waals surface area contributed by atoms with E-state index in [0.29, 0.717) is 16.2 Å². The van der Waals surface area contributed by atoms with E-state index in [9.17, 15) is 0 Å². The number of hydrogen-bond donors (Lipinski definition) is 0. The first-order chi connectivity index (χ1) is 15.7. The third kappa shape index (κ3) is 9.05. The Balaban J connectivity index is 0.000000278. The predicted octanol–water partition coefficient (Wildman–Crippen LogP) is 11.2. The molecule has 194 valence electrons. The molecule has 2 unspecified atom stereocenters. The van der Waals surface area contributed by atoms with Crippen LogP contribution in [0.4, 0.5) is 0 Å². The first-order valence-corrected chi connectivity index (χ1v) is 14.1. The Morgan fingerprint density at radius 1 is 1.03 bits per heavy atom. The lowest BCUT2D eigenvalue weighted by Gasteiger charge is -2.56. The van der Waals surface area contributed by atoms with Crippen molar-refractivity contribution in [3.05, 3.63) is 59.2 Å². The Labute approximate surface area is 214 Å². The Morgan fingerprint density at radius 2 is 1.65 bits per heavy atom. The third-order valence-electron chi connectivity index (χ3n) is 8.73. The predicted molar refractivity (Wildman–Crippen MR) is 156 cm³/mol. The molecular formula is C34H58. The van der Waals surface area contributed by atoms with Crippen molar-refractivity contribution in [3.8, 4) is 0 Å². The maximum Gasteiger partial charge on any atom is -0.0103 e. The molecule has 0 heteroatoms. The fourth-order valence-corrected chi connectivity index (χ4v) is 5.08. The van der Waals surface area contributed by atoms with Gasteiger partial charge in [0.15, 0.2) is 0 Å². The van der Waals surface area contributed by atoms with Crippen LogP contribution < -0.4 is 0 Å². The van der Waals surface area contributed by atoms with E-state index >= 15 is 0 Å². The average molecular weight is 467 g/mol. The summed E-state index contributed by atoms with van der Waals surface area (Å²) in [6.45, 7) is 28.7. The maximum atomic E-state index is 3.83. The summed E-state index contributed by atoms with van der Waals surface area (Å²) < 4.78 is 0. The van der Waals surface area contributed by atoms with Gasteiger partial charge in [0.2, 0.25) is 0 Å². The summed E-state index contributed by atoms with van der Waals surface area (Å²) >= 11 is 0. The van der Waals surface area contributed by atoms with E-state index in [1.54, 1.807) is 5.57 Å². The molecule has 1 saturated carbocycles. The Kier molecular flexibility index (Phi) is 11.9. The van der Waals surface area contributed by atoms with Crippen LogP contribution >= 0.6 is 0 Å². The van der Waals surface area contributed by atoms with Gasteiger partial charge in [0.1, 0.15) is 0 Å². The third-order valence-corrected chi connectivity index (χ3v) is 8.73. The van der Waals surface area contributed by atoms with Crippen LogP contribution in [0.25, 0.3) is 0 Å². The number of unbranched alkanes of at least 4 members (excludes halogenated alkanes) is 3. The molecular weight excluding hydrogens is 408 g/mol. The van der Waals surface area contributed by atoms with Gasteiger partial charge in [-0.05, 0) is 73.2 Å². The van der Waals surface area contributed by atoms with Crippen LogP contribution in [-0.4, -0.2) is 0 Å².